The smallest absolute Gasteiger partial charge is 0.256 e. The molecular formula is C22H23ClN8O. The van der Waals surface area contributed by atoms with Gasteiger partial charge in [0.05, 0.1) is 11.4 Å². The molecule has 4 heterocycles. The Kier molecular flexibility index (Phi) is 6.02. The van der Waals surface area contributed by atoms with E-state index in [0.29, 0.717) is 22.9 Å². The Morgan fingerprint density at radius 2 is 2.00 bits per heavy atom. The summed E-state index contributed by atoms with van der Waals surface area (Å²) in [6.07, 6.45) is 4.11. The van der Waals surface area contributed by atoms with Crippen molar-refractivity contribution >= 4 is 41.0 Å². The summed E-state index contributed by atoms with van der Waals surface area (Å²) in [6.45, 7) is 3.74. The molecule has 10 heteroatoms. The Morgan fingerprint density at radius 3 is 2.72 bits per heavy atom. The lowest BCUT2D eigenvalue weighted by Gasteiger charge is -2.09. The van der Waals surface area contributed by atoms with Gasteiger partial charge >= 0.3 is 0 Å². The number of pyridine rings is 1. The van der Waals surface area contributed by atoms with E-state index in [1.165, 1.54) is 6.33 Å². The predicted octanol–water partition coefficient (Wildman–Crippen LogP) is 2.99. The topological polar surface area (TPSA) is 124 Å². The number of nitrogens with two attached hydrogens (primary N) is 1. The molecule has 1 aliphatic rings. The summed E-state index contributed by atoms with van der Waals surface area (Å²) in [5, 5.41) is 11.7. The first-order valence-corrected chi connectivity index (χ1v) is 10.1. The van der Waals surface area contributed by atoms with Crippen LogP contribution in [0.4, 0.5) is 11.6 Å². The van der Waals surface area contributed by atoms with Gasteiger partial charge in [0.15, 0.2) is 5.65 Å². The number of halogens is 1. The van der Waals surface area contributed by atoms with Crippen molar-refractivity contribution in [3.63, 3.8) is 0 Å². The molecule has 0 bridgehead atoms. The number of anilines is 2. The average molecular weight is 451 g/mol. The molecule has 1 aromatic carbocycles. The normalized spacial score (nSPS) is 15.5. The Balaban J connectivity index is 0.00000245. The zero-order valence-corrected chi connectivity index (χ0v) is 18.3. The van der Waals surface area contributed by atoms with Crippen molar-refractivity contribution in [3.8, 4) is 11.3 Å². The SMILES string of the molecule is Cc1ccnc(NC(=O)c2ccc(-c3nn(C4CCNC4)c4ncnc(N)c34)cc2)c1.Cl. The number of amides is 1. The Hall–Kier alpha value is -3.56. The monoisotopic (exact) mass is 450 g/mol. The third kappa shape index (κ3) is 4.00. The number of nitrogens with zero attached hydrogens (tertiary/aromatic N) is 5. The lowest BCUT2D eigenvalue weighted by molar-refractivity contribution is 0.102. The highest BCUT2D eigenvalue weighted by molar-refractivity contribution is 6.04. The summed E-state index contributed by atoms with van der Waals surface area (Å²) < 4.78 is 1.94. The fraction of sp³-hybridized carbons (Fsp3) is 0.227. The lowest BCUT2D eigenvalue weighted by atomic mass is 10.1. The highest BCUT2D eigenvalue weighted by Crippen LogP contribution is 2.32. The van der Waals surface area contributed by atoms with Crippen molar-refractivity contribution in [1.29, 1.82) is 0 Å². The maximum absolute atomic E-state index is 12.6. The number of carbonyl (C=O) groups is 1. The van der Waals surface area contributed by atoms with Crippen LogP contribution in [0.15, 0.2) is 48.9 Å². The van der Waals surface area contributed by atoms with E-state index < -0.39 is 0 Å². The lowest BCUT2D eigenvalue weighted by Crippen LogP contribution is -2.15. The van der Waals surface area contributed by atoms with Gasteiger partial charge in [-0.1, -0.05) is 12.1 Å². The molecule has 0 radical (unpaired) electrons. The zero-order valence-electron chi connectivity index (χ0n) is 17.4. The number of nitrogen functional groups attached to an aromatic ring is 1. The van der Waals surface area contributed by atoms with Gasteiger partial charge < -0.3 is 16.4 Å². The number of aromatic nitrogens is 5. The van der Waals surface area contributed by atoms with E-state index in [0.717, 1.165) is 41.7 Å². The first kappa shape index (κ1) is 21.7. The van der Waals surface area contributed by atoms with Crippen LogP contribution in [-0.2, 0) is 0 Å². The summed E-state index contributed by atoms with van der Waals surface area (Å²) in [6, 6.07) is 11.2. The van der Waals surface area contributed by atoms with E-state index in [-0.39, 0.29) is 24.4 Å². The highest BCUT2D eigenvalue weighted by Gasteiger charge is 2.24. The largest absolute Gasteiger partial charge is 0.383 e. The van der Waals surface area contributed by atoms with E-state index in [9.17, 15) is 4.79 Å². The van der Waals surface area contributed by atoms with Crippen molar-refractivity contribution in [2.24, 2.45) is 0 Å². The van der Waals surface area contributed by atoms with E-state index in [1.807, 2.05) is 35.9 Å². The van der Waals surface area contributed by atoms with Crippen LogP contribution in [0.3, 0.4) is 0 Å². The van der Waals surface area contributed by atoms with Gasteiger partial charge in [0.1, 0.15) is 23.7 Å². The summed E-state index contributed by atoms with van der Waals surface area (Å²) in [7, 11) is 0. The van der Waals surface area contributed by atoms with Crippen LogP contribution in [0.25, 0.3) is 22.3 Å². The second-order valence-corrected chi connectivity index (χ2v) is 7.65. The molecular weight excluding hydrogens is 428 g/mol. The van der Waals surface area contributed by atoms with Crippen molar-refractivity contribution in [1.82, 2.24) is 30.0 Å². The molecule has 4 aromatic rings. The van der Waals surface area contributed by atoms with Crippen LogP contribution < -0.4 is 16.4 Å². The fourth-order valence-electron chi connectivity index (χ4n) is 3.87. The molecule has 1 amide bonds. The summed E-state index contributed by atoms with van der Waals surface area (Å²) in [4.78, 5) is 25.4. The van der Waals surface area contributed by atoms with Gasteiger partial charge in [-0.15, -0.1) is 12.4 Å². The van der Waals surface area contributed by atoms with Crippen LogP contribution in [0.1, 0.15) is 28.4 Å². The van der Waals surface area contributed by atoms with E-state index in [2.05, 4.69) is 25.6 Å². The van der Waals surface area contributed by atoms with Gasteiger partial charge in [-0.05, 0) is 49.7 Å². The first-order chi connectivity index (χ1) is 15.1. The molecule has 1 saturated heterocycles. The molecule has 0 aliphatic carbocycles. The molecule has 4 N–H and O–H groups in total. The van der Waals surface area contributed by atoms with Gasteiger partial charge in [0, 0.05) is 23.9 Å². The third-order valence-electron chi connectivity index (χ3n) is 5.48. The molecule has 1 fully saturated rings. The molecule has 0 spiro atoms. The van der Waals surface area contributed by atoms with Crippen molar-refractivity contribution in [3.05, 3.63) is 60.0 Å². The number of hydrogen-bond acceptors (Lipinski definition) is 7. The summed E-state index contributed by atoms with van der Waals surface area (Å²) >= 11 is 0. The molecule has 3 aromatic heterocycles. The second kappa shape index (κ2) is 8.89. The third-order valence-corrected chi connectivity index (χ3v) is 5.48. The van der Waals surface area contributed by atoms with Crippen LogP contribution >= 0.6 is 12.4 Å². The van der Waals surface area contributed by atoms with Crippen molar-refractivity contribution in [2.45, 2.75) is 19.4 Å². The number of carbonyl (C=O) groups excluding carboxylic acids is 1. The molecule has 1 unspecified atom stereocenters. The number of rotatable bonds is 4. The minimum atomic E-state index is -0.222. The van der Waals surface area contributed by atoms with Crippen LogP contribution in [0, 0.1) is 6.92 Å². The van der Waals surface area contributed by atoms with E-state index >= 15 is 0 Å². The minimum absolute atomic E-state index is 0. The van der Waals surface area contributed by atoms with Crippen LogP contribution in [-0.4, -0.2) is 43.7 Å². The van der Waals surface area contributed by atoms with Gasteiger partial charge in [-0.2, -0.15) is 5.10 Å². The maximum Gasteiger partial charge on any atom is 0.256 e. The van der Waals surface area contributed by atoms with Crippen LogP contribution in [0.2, 0.25) is 0 Å². The number of benzene rings is 1. The highest BCUT2D eigenvalue weighted by atomic mass is 35.5. The molecule has 1 aliphatic heterocycles. The summed E-state index contributed by atoms with van der Waals surface area (Å²) in [5.41, 5.74) is 10.0. The van der Waals surface area contributed by atoms with Crippen LogP contribution in [0.5, 0.6) is 0 Å². The van der Waals surface area contributed by atoms with Crippen molar-refractivity contribution < 1.29 is 4.79 Å². The zero-order chi connectivity index (χ0) is 21.4. The Labute approximate surface area is 190 Å². The predicted molar refractivity (Wildman–Crippen MR) is 126 cm³/mol. The first-order valence-electron chi connectivity index (χ1n) is 10.1. The van der Waals surface area contributed by atoms with Gasteiger partial charge in [-0.25, -0.2) is 19.6 Å². The number of nitrogens with one attached hydrogen (secondary N) is 2. The van der Waals surface area contributed by atoms with Gasteiger partial charge in [-0.3, -0.25) is 4.79 Å². The molecule has 1 atom stereocenters. The molecule has 5 rings (SSSR count). The second-order valence-electron chi connectivity index (χ2n) is 7.65. The van der Waals surface area contributed by atoms with Gasteiger partial charge in [0.2, 0.25) is 0 Å². The Morgan fingerprint density at radius 1 is 1.19 bits per heavy atom. The molecule has 9 nitrogen and oxygen atoms in total. The standard InChI is InChI=1S/C22H22N8O.ClH/c1-13-6-9-25-17(10-13)28-22(31)15-4-2-14(3-5-15)19-18-20(23)26-12-27-21(18)30(29-19)16-7-8-24-11-16;/h2-6,9-10,12,16,24H,7-8,11H2,1H3,(H2,23,26,27)(H,25,28,31);1H. The number of fused-ring (bicyclic) bond motifs is 1. The average Bonchev–Trinajstić information content (AvgIpc) is 3.42. The Bertz CT molecular complexity index is 1260. The quantitative estimate of drug-likeness (QED) is 0.436. The van der Waals surface area contributed by atoms with Gasteiger partial charge in [0.25, 0.3) is 5.91 Å². The molecule has 32 heavy (non-hydrogen) atoms. The number of hydrogen-bond donors (Lipinski definition) is 3. The maximum atomic E-state index is 12.6. The van der Waals surface area contributed by atoms with Crippen molar-refractivity contribution in [2.75, 3.05) is 24.1 Å². The molecule has 0 saturated carbocycles. The summed E-state index contributed by atoms with van der Waals surface area (Å²) in [5.74, 6) is 0.693. The fourth-order valence-corrected chi connectivity index (χ4v) is 3.87. The minimum Gasteiger partial charge on any atom is -0.383 e. The number of aryl methyl sites for hydroxylation is 1. The van der Waals surface area contributed by atoms with E-state index in [1.54, 1.807) is 18.3 Å². The molecule has 164 valence electrons. The van der Waals surface area contributed by atoms with E-state index in [4.69, 9.17) is 10.8 Å².